The number of benzene rings is 1. The molecule has 2 aliphatic rings. The number of carbonyl (C=O) groups excluding carboxylic acids is 5. The summed E-state index contributed by atoms with van der Waals surface area (Å²) in [5.74, 6) is -3.27. The first-order chi connectivity index (χ1) is 20.0. The molecular weight excluding hydrogens is 536 g/mol. The van der Waals surface area contributed by atoms with Gasteiger partial charge in [-0.3, -0.25) is 29.0 Å². The number of carbonyl (C=O) groups is 5. The summed E-state index contributed by atoms with van der Waals surface area (Å²) >= 11 is 0. The maximum Gasteiger partial charge on any atom is 0.290 e. The zero-order valence-electron chi connectivity index (χ0n) is 24.7. The lowest BCUT2D eigenvalue weighted by molar-refractivity contribution is -0.142. The SMILES string of the molecule is CC(C)(C)NC(=O)C(=O)C(C[C@@H]1CCCNC1=O)NC(=O)[C@H](CC1CCCCC1)NC(=O)c1cnc2ccccc2n1. The maximum atomic E-state index is 13.8. The first-order valence-corrected chi connectivity index (χ1v) is 15.0. The summed E-state index contributed by atoms with van der Waals surface area (Å²) < 4.78 is 0. The lowest BCUT2D eigenvalue weighted by atomic mass is 9.84. The Kier molecular flexibility index (Phi) is 10.2. The Bertz CT molecular complexity index is 1320. The van der Waals surface area contributed by atoms with E-state index in [-0.39, 0.29) is 23.9 Å². The van der Waals surface area contributed by atoms with E-state index in [2.05, 4.69) is 31.2 Å². The molecule has 0 spiro atoms. The normalized spacial score (nSPS) is 19.3. The maximum absolute atomic E-state index is 13.8. The van der Waals surface area contributed by atoms with Gasteiger partial charge in [-0.15, -0.1) is 0 Å². The predicted molar refractivity (Wildman–Crippen MR) is 157 cm³/mol. The van der Waals surface area contributed by atoms with Crippen LogP contribution in [0.15, 0.2) is 30.5 Å². The van der Waals surface area contributed by atoms with Gasteiger partial charge in [-0.25, -0.2) is 4.98 Å². The Labute approximate surface area is 246 Å². The quantitative estimate of drug-likeness (QED) is 0.315. The molecule has 1 aliphatic carbocycles. The molecule has 0 radical (unpaired) electrons. The molecule has 4 N–H and O–H groups in total. The van der Waals surface area contributed by atoms with E-state index in [0.717, 1.165) is 38.5 Å². The van der Waals surface area contributed by atoms with Crippen molar-refractivity contribution in [2.24, 2.45) is 11.8 Å². The molecule has 2 aromatic rings. The van der Waals surface area contributed by atoms with Gasteiger partial charge in [0, 0.05) is 18.0 Å². The Morgan fingerprint density at radius 1 is 0.929 bits per heavy atom. The van der Waals surface area contributed by atoms with Gasteiger partial charge < -0.3 is 21.3 Å². The number of nitrogens with zero attached hydrogens (tertiary/aromatic N) is 2. The van der Waals surface area contributed by atoms with Crippen LogP contribution in [-0.2, 0) is 19.2 Å². The standard InChI is InChI=1S/C31H42N6O5/c1-31(2,3)37-30(42)26(38)23(17-20-12-9-15-32-27(20)39)35-28(40)24(16-19-10-5-4-6-11-19)36-29(41)25-18-33-21-13-7-8-14-22(21)34-25/h7-8,13-14,18-20,23-24H,4-6,9-12,15-17H2,1-3H3,(H,32,39)(H,35,40)(H,36,41)(H,37,42)/t20-,23?,24-/m0/s1. The lowest BCUT2D eigenvalue weighted by Crippen LogP contribution is -2.56. The number of para-hydroxylation sites is 2. The second-order valence-corrected chi connectivity index (χ2v) is 12.5. The summed E-state index contributed by atoms with van der Waals surface area (Å²) in [7, 11) is 0. The van der Waals surface area contributed by atoms with Gasteiger partial charge >= 0.3 is 0 Å². The van der Waals surface area contributed by atoms with Crippen molar-refractivity contribution in [2.75, 3.05) is 6.54 Å². The molecule has 2 heterocycles. The number of hydrogen-bond donors (Lipinski definition) is 4. The van der Waals surface area contributed by atoms with E-state index in [9.17, 15) is 24.0 Å². The minimum absolute atomic E-state index is 0.00574. The number of aromatic nitrogens is 2. The molecular formula is C31H42N6O5. The third-order valence-electron chi connectivity index (χ3n) is 7.86. The summed E-state index contributed by atoms with van der Waals surface area (Å²) in [6.07, 6.45) is 8.16. The van der Waals surface area contributed by atoms with Crippen LogP contribution in [0, 0.1) is 11.8 Å². The Hall–Kier alpha value is -3.89. The molecule has 11 heteroatoms. The molecule has 226 valence electrons. The topological polar surface area (TPSA) is 159 Å². The van der Waals surface area contributed by atoms with E-state index in [1.807, 2.05) is 6.07 Å². The number of amides is 4. The molecule has 1 aromatic carbocycles. The van der Waals surface area contributed by atoms with E-state index < -0.39 is 47.0 Å². The molecule has 1 aliphatic heterocycles. The Balaban J connectivity index is 1.55. The minimum atomic E-state index is -1.22. The van der Waals surface area contributed by atoms with Crippen LogP contribution in [0.2, 0.25) is 0 Å². The molecule has 1 aromatic heterocycles. The molecule has 11 nitrogen and oxygen atoms in total. The van der Waals surface area contributed by atoms with Crippen molar-refractivity contribution in [2.45, 2.75) is 96.2 Å². The van der Waals surface area contributed by atoms with Gasteiger partial charge in [0.25, 0.3) is 11.8 Å². The van der Waals surface area contributed by atoms with Gasteiger partial charge in [0.1, 0.15) is 11.7 Å². The number of ketones is 1. The number of nitrogens with one attached hydrogen (secondary N) is 4. The third-order valence-corrected chi connectivity index (χ3v) is 7.86. The van der Waals surface area contributed by atoms with Crippen molar-refractivity contribution < 1.29 is 24.0 Å². The highest BCUT2D eigenvalue weighted by molar-refractivity contribution is 6.38. The average Bonchev–Trinajstić information content (AvgIpc) is 2.96. The third kappa shape index (κ3) is 8.56. The Morgan fingerprint density at radius 2 is 1.64 bits per heavy atom. The van der Waals surface area contributed by atoms with Gasteiger partial charge in [-0.1, -0.05) is 44.2 Å². The fourth-order valence-electron chi connectivity index (χ4n) is 5.70. The summed E-state index contributed by atoms with van der Waals surface area (Å²) in [6, 6.07) is 5.00. The highest BCUT2D eigenvalue weighted by Crippen LogP contribution is 2.28. The van der Waals surface area contributed by atoms with Gasteiger partial charge in [-0.05, 0) is 64.5 Å². The fraction of sp³-hybridized carbons (Fsp3) is 0.581. The van der Waals surface area contributed by atoms with Crippen LogP contribution < -0.4 is 21.3 Å². The summed E-state index contributed by atoms with van der Waals surface area (Å²) in [4.78, 5) is 74.6. The predicted octanol–water partition coefficient (Wildman–Crippen LogP) is 2.58. The van der Waals surface area contributed by atoms with E-state index in [4.69, 9.17) is 0 Å². The van der Waals surface area contributed by atoms with Crippen molar-refractivity contribution >= 4 is 40.4 Å². The van der Waals surface area contributed by atoms with E-state index in [0.29, 0.717) is 30.4 Å². The molecule has 3 atom stereocenters. The molecule has 4 rings (SSSR count). The van der Waals surface area contributed by atoms with Gasteiger partial charge in [0.15, 0.2) is 0 Å². The van der Waals surface area contributed by atoms with Gasteiger partial charge in [0.2, 0.25) is 17.6 Å². The molecule has 0 bridgehead atoms. The van der Waals surface area contributed by atoms with Crippen molar-refractivity contribution in [1.82, 2.24) is 31.2 Å². The van der Waals surface area contributed by atoms with Crippen LogP contribution in [-0.4, -0.2) is 63.5 Å². The van der Waals surface area contributed by atoms with Crippen molar-refractivity contribution in [1.29, 1.82) is 0 Å². The number of piperidine rings is 1. The molecule has 4 amide bonds. The number of rotatable bonds is 10. The lowest BCUT2D eigenvalue weighted by Gasteiger charge is -2.30. The Morgan fingerprint density at radius 3 is 2.33 bits per heavy atom. The summed E-state index contributed by atoms with van der Waals surface area (Å²) in [5, 5.41) is 11.0. The van der Waals surface area contributed by atoms with Gasteiger partial charge in [-0.2, -0.15) is 0 Å². The van der Waals surface area contributed by atoms with Crippen LogP contribution in [0.25, 0.3) is 11.0 Å². The summed E-state index contributed by atoms with van der Waals surface area (Å²) in [6.45, 7) is 5.82. The largest absolute Gasteiger partial charge is 0.356 e. The second-order valence-electron chi connectivity index (χ2n) is 12.5. The average molecular weight is 579 g/mol. The fourth-order valence-corrected chi connectivity index (χ4v) is 5.70. The van der Waals surface area contributed by atoms with E-state index in [1.165, 1.54) is 6.20 Å². The smallest absolute Gasteiger partial charge is 0.290 e. The molecule has 1 saturated carbocycles. The van der Waals surface area contributed by atoms with Crippen LogP contribution in [0.3, 0.4) is 0 Å². The van der Waals surface area contributed by atoms with Crippen LogP contribution >= 0.6 is 0 Å². The van der Waals surface area contributed by atoms with Crippen molar-refractivity contribution in [3.63, 3.8) is 0 Å². The minimum Gasteiger partial charge on any atom is -0.356 e. The molecule has 42 heavy (non-hydrogen) atoms. The first kappa shape index (κ1) is 31.1. The van der Waals surface area contributed by atoms with Crippen molar-refractivity contribution in [3.8, 4) is 0 Å². The van der Waals surface area contributed by atoms with Crippen LogP contribution in [0.5, 0.6) is 0 Å². The number of fused-ring (bicyclic) bond motifs is 1. The molecule has 1 unspecified atom stereocenters. The highest BCUT2D eigenvalue weighted by Gasteiger charge is 2.36. The van der Waals surface area contributed by atoms with Crippen LogP contribution in [0.4, 0.5) is 0 Å². The van der Waals surface area contributed by atoms with Gasteiger partial charge in [0.05, 0.1) is 23.3 Å². The molecule has 2 fully saturated rings. The molecule has 1 saturated heterocycles. The number of Topliss-reactive ketones (excluding diaryl/α,β-unsaturated/α-hetero) is 1. The summed E-state index contributed by atoms with van der Waals surface area (Å²) in [5.41, 5.74) is 0.611. The van der Waals surface area contributed by atoms with Crippen molar-refractivity contribution in [3.05, 3.63) is 36.2 Å². The highest BCUT2D eigenvalue weighted by atomic mass is 16.2. The van der Waals surface area contributed by atoms with E-state index >= 15 is 0 Å². The monoisotopic (exact) mass is 578 g/mol. The van der Waals surface area contributed by atoms with Crippen LogP contribution in [0.1, 0.15) is 89.0 Å². The zero-order valence-corrected chi connectivity index (χ0v) is 24.7. The zero-order chi connectivity index (χ0) is 30.3. The second kappa shape index (κ2) is 13.8. The number of hydrogen-bond acceptors (Lipinski definition) is 7. The van der Waals surface area contributed by atoms with E-state index in [1.54, 1.807) is 39.0 Å². The first-order valence-electron chi connectivity index (χ1n) is 15.0.